The maximum Gasteiger partial charge on any atom is 0.417 e. The summed E-state index contributed by atoms with van der Waals surface area (Å²) >= 11 is 0. The molecule has 22 heavy (non-hydrogen) atoms. The van der Waals surface area contributed by atoms with Crippen LogP contribution in [0.3, 0.4) is 0 Å². The fraction of sp³-hybridized carbons (Fsp3) is 0.125. The minimum Gasteiger partial charge on any atom is -0.290 e. The van der Waals surface area contributed by atoms with E-state index in [4.69, 9.17) is 0 Å². The van der Waals surface area contributed by atoms with E-state index in [1.54, 1.807) is 12.1 Å². The molecule has 2 aromatic heterocycles. The van der Waals surface area contributed by atoms with Crippen LogP contribution in [0.4, 0.5) is 13.2 Å². The summed E-state index contributed by atoms with van der Waals surface area (Å²) in [5.41, 5.74) is 1.70. The van der Waals surface area contributed by atoms with E-state index in [0.29, 0.717) is 16.9 Å². The number of nitrogens with zero attached hydrogens (tertiary/aromatic N) is 3. The molecule has 0 radical (unpaired) electrons. The Balaban J connectivity index is 2.25. The maximum absolute atomic E-state index is 12.8. The fourth-order valence-electron chi connectivity index (χ4n) is 2.23. The lowest BCUT2D eigenvalue weighted by Crippen LogP contribution is -2.06. The molecule has 0 unspecified atom stereocenters. The minimum atomic E-state index is -4.46. The Morgan fingerprint density at radius 2 is 1.77 bits per heavy atom. The molecule has 3 aromatic rings. The minimum absolute atomic E-state index is 0.0879. The topological polar surface area (TPSA) is 41.1 Å². The van der Waals surface area contributed by atoms with E-state index in [9.17, 15) is 18.4 Å². The number of hydrogen-bond acceptors (Lipinski definition) is 2. The third-order valence-corrected chi connectivity index (χ3v) is 3.38. The number of aromatic nitrogens is 2. The Morgan fingerprint density at radius 1 is 1.09 bits per heavy atom. The van der Waals surface area contributed by atoms with Gasteiger partial charge in [0.25, 0.3) is 0 Å². The van der Waals surface area contributed by atoms with Crippen LogP contribution >= 0.6 is 0 Å². The third kappa shape index (κ3) is 2.31. The molecule has 3 rings (SSSR count). The molecule has 1 aromatic carbocycles. The number of pyridine rings is 1. The maximum atomic E-state index is 12.8. The summed E-state index contributed by atoms with van der Waals surface area (Å²) in [5.74, 6) is 0. The molecule has 2 heterocycles. The van der Waals surface area contributed by atoms with Gasteiger partial charge in [-0.05, 0) is 19.1 Å². The van der Waals surface area contributed by atoms with Gasteiger partial charge in [0.1, 0.15) is 17.4 Å². The zero-order valence-corrected chi connectivity index (χ0v) is 11.5. The van der Waals surface area contributed by atoms with Gasteiger partial charge in [-0.25, -0.2) is 4.98 Å². The van der Waals surface area contributed by atoms with Crippen LogP contribution in [0, 0.1) is 18.3 Å². The molecule has 0 aliphatic carbocycles. The number of benzene rings is 1. The number of rotatable bonds is 1. The zero-order valence-electron chi connectivity index (χ0n) is 11.5. The van der Waals surface area contributed by atoms with Crippen molar-refractivity contribution in [3.63, 3.8) is 0 Å². The number of alkyl halides is 3. The van der Waals surface area contributed by atoms with Crippen LogP contribution in [-0.4, -0.2) is 9.38 Å². The van der Waals surface area contributed by atoms with Crippen molar-refractivity contribution in [3.05, 3.63) is 59.4 Å². The Morgan fingerprint density at radius 3 is 2.36 bits per heavy atom. The van der Waals surface area contributed by atoms with E-state index in [0.717, 1.165) is 17.8 Å². The van der Waals surface area contributed by atoms with Gasteiger partial charge < -0.3 is 0 Å². The lowest BCUT2D eigenvalue weighted by molar-refractivity contribution is -0.137. The quantitative estimate of drug-likeness (QED) is 0.676. The molecule has 0 aliphatic rings. The SMILES string of the molecule is Cc1ccc(-c2nc3ccc(C(F)(F)F)cn3c2C#N)cc1. The highest BCUT2D eigenvalue weighted by atomic mass is 19.4. The van der Waals surface area contributed by atoms with Gasteiger partial charge in [0.05, 0.1) is 5.56 Å². The third-order valence-electron chi connectivity index (χ3n) is 3.38. The van der Waals surface area contributed by atoms with Crippen molar-refractivity contribution in [2.24, 2.45) is 0 Å². The van der Waals surface area contributed by atoms with Crippen LogP contribution < -0.4 is 0 Å². The molecule has 6 heteroatoms. The number of nitriles is 1. The van der Waals surface area contributed by atoms with Crippen LogP contribution in [0.2, 0.25) is 0 Å². The fourth-order valence-corrected chi connectivity index (χ4v) is 2.23. The lowest BCUT2D eigenvalue weighted by atomic mass is 10.1. The zero-order chi connectivity index (χ0) is 15.9. The van der Waals surface area contributed by atoms with Crippen molar-refractivity contribution in [1.29, 1.82) is 5.26 Å². The first-order valence-electron chi connectivity index (χ1n) is 6.46. The molecule has 0 saturated carbocycles. The van der Waals surface area contributed by atoms with Gasteiger partial charge in [0.15, 0.2) is 5.69 Å². The molecule has 0 N–H and O–H groups in total. The molecule has 110 valence electrons. The monoisotopic (exact) mass is 301 g/mol. The molecule has 0 spiro atoms. The standard InChI is InChI=1S/C16H10F3N3/c1-10-2-4-11(5-3-10)15-13(8-20)22-9-12(16(17,18)19)6-7-14(22)21-15/h2-7,9H,1H3. The molecule has 0 bridgehead atoms. The average molecular weight is 301 g/mol. The van der Waals surface area contributed by atoms with E-state index in [-0.39, 0.29) is 5.69 Å². The Labute approximate surface area is 124 Å². The second-order valence-corrected chi connectivity index (χ2v) is 4.93. The van der Waals surface area contributed by atoms with E-state index in [1.165, 1.54) is 10.5 Å². The summed E-state index contributed by atoms with van der Waals surface area (Å²) in [5, 5.41) is 9.32. The predicted molar refractivity (Wildman–Crippen MR) is 75.1 cm³/mol. The summed E-state index contributed by atoms with van der Waals surface area (Å²) in [6.07, 6.45) is -3.56. The summed E-state index contributed by atoms with van der Waals surface area (Å²) in [6.45, 7) is 1.92. The summed E-state index contributed by atoms with van der Waals surface area (Å²) < 4.78 is 39.6. The second kappa shape index (κ2) is 4.88. The largest absolute Gasteiger partial charge is 0.417 e. The van der Waals surface area contributed by atoms with Crippen LogP contribution in [0.25, 0.3) is 16.9 Å². The molecule has 3 nitrogen and oxygen atoms in total. The highest BCUT2D eigenvalue weighted by Crippen LogP contribution is 2.31. The Hall–Kier alpha value is -2.81. The number of halogens is 3. The van der Waals surface area contributed by atoms with Crippen LogP contribution in [-0.2, 0) is 6.18 Å². The van der Waals surface area contributed by atoms with Crippen molar-refractivity contribution in [2.45, 2.75) is 13.1 Å². The molecular formula is C16H10F3N3. The van der Waals surface area contributed by atoms with Crippen molar-refractivity contribution >= 4 is 5.65 Å². The first-order chi connectivity index (χ1) is 10.4. The van der Waals surface area contributed by atoms with Gasteiger partial charge in [-0.3, -0.25) is 4.40 Å². The lowest BCUT2D eigenvalue weighted by Gasteiger charge is -2.06. The van der Waals surface area contributed by atoms with Gasteiger partial charge in [-0.1, -0.05) is 29.8 Å². The van der Waals surface area contributed by atoms with Crippen molar-refractivity contribution in [1.82, 2.24) is 9.38 Å². The first kappa shape index (κ1) is 14.1. The van der Waals surface area contributed by atoms with Gasteiger partial charge in [0.2, 0.25) is 0 Å². The number of hydrogen-bond donors (Lipinski definition) is 0. The van der Waals surface area contributed by atoms with E-state index >= 15 is 0 Å². The number of fused-ring (bicyclic) bond motifs is 1. The molecular weight excluding hydrogens is 291 g/mol. The number of aryl methyl sites for hydroxylation is 1. The van der Waals surface area contributed by atoms with Gasteiger partial charge in [-0.2, -0.15) is 18.4 Å². The molecule has 0 amide bonds. The van der Waals surface area contributed by atoms with E-state index in [2.05, 4.69) is 4.98 Å². The van der Waals surface area contributed by atoms with E-state index < -0.39 is 11.7 Å². The van der Waals surface area contributed by atoms with Gasteiger partial charge in [0, 0.05) is 11.8 Å². The second-order valence-electron chi connectivity index (χ2n) is 4.93. The Bertz CT molecular complexity index is 884. The molecule has 0 saturated heterocycles. The highest BCUT2D eigenvalue weighted by Gasteiger charge is 2.31. The Kier molecular flexibility index (Phi) is 3.14. The van der Waals surface area contributed by atoms with Gasteiger partial charge >= 0.3 is 6.18 Å². The predicted octanol–water partition coefficient (Wildman–Crippen LogP) is 4.20. The van der Waals surface area contributed by atoms with Crippen molar-refractivity contribution < 1.29 is 13.2 Å². The molecule has 0 aliphatic heterocycles. The highest BCUT2D eigenvalue weighted by molar-refractivity contribution is 5.69. The van der Waals surface area contributed by atoms with Crippen molar-refractivity contribution in [3.8, 4) is 17.3 Å². The molecule has 0 fully saturated rings. The van der Waals surface area contributed by atoms with Crippen LogP contribution in [0.5, 0.6) is 0 Å². The normalized spacial score (nSPS) is 11.6. The van der Waals surface area contributed by atoms with Crippen molar-refractivity contribution in [2.75, 3.05) is 0 Å². The first-order valence-corrected chi connectivity index (χ1v) is 6.46. The smallest absolute Gasteiger partial charge is 0.290 e. The van der Waals surface area contributed by atoms with Gasteiger partial charge in [-0.15, -0.1) is 0 Å². The summed E-state index contributed by atoms with van der Waals surface area (Å²) in [4.78, 5) is 4.28. The summed E-state index contributed by atoms with van der Waals surface area (Å²) in [7, 11) is 0. The number of imidazole rings is 1. The van der Waals surface area contributed by atoms with Crippen LogP contribution in [0.1, 0.15) is 16.8 Å². The van der Waals surface area contributed by atoms with E-state index in [1.807, 2.05) is 25.1 Å². The molecule has 0 atom stereocenters. The average Bonchev–Trinajstić information content (AvgIpc) is 2.84. The summed E-state index contributed by atoms with van der Waals surface area (Å²) in [6, 6.07) is 11.5. The van der Waals surface area contributed by atoms with Crippen LogP contribution in [0.15, 0.2) is 42.6 Å².